The van der Waals surface area contributed by atoms with Gasteiger partial charge in [0.15, 0.2) is 0 Å². The number of aliphatic hydroxyl groups is 1. The summed E-state index contributed by atoms with van der Waals surface area (Å²) in [5.41, 5.74) is 1.53. The number of allylic oxidation sites excluding steroid dienone is 1. The average molecular weight is 322 g/mol. The molecule has 5 nitrogen and oxygen atoms in total. The van der Waals surface area contributed by atoms with Gasteiger partial charge < -0.3 is 15.2 Å². The number of benzene rings is 1. The van der Waals surface area contributed by atoms with Crippen molar-refractivity contribution >= 4 is 11.5 Å². The number of halogens is 1. The second kappa shape index (κ2) is 8.76. The molecule has 1 unspecified atom stereocenters. The third kappa shape index (κ3) is 6.09. The molecule has 0 saturated carbocycles. The number of carbonyl (C=O) groups excluding carboxylic acids is 1. The molecule has 2 N–H and O–H groups in total. The number of rotatable bonds is 6. The van der Waals surface area contributed by atoms with Crippen molar-refractivity contribution < 1.29 is 19.0 Å². The number of ether oxygens (including phenoxy) is 1. The number of hydrogen-bond donors (Lipinski definition) is 2. The minimum atomic E-state index is -0.614. The first-order valence-corrected chi connectivity index (χ1v) is 7.75. The Morgan fingerprint density at radius 3 is 2.70 bits per heavy atom. The summed E-state index contributed by atoms with van der Waals surface area (Å²) in [5, 5.41) is 12.7. The Balaban J connectivity index is 1.77. The maximum absolute atomic E-state index is 12.9. The summed E-state index contributed by atoms with van der Waals surface area (Å²) < 4.78 is 18.1. The van der Waals surface area contributed by atoms with Crippen molar-refractivity contribution in [1.29, 1.82) is 0 Å². The van der Waals surface area contributed by atoms with E-state index in [9.17, 15) is 14.3 Å². The van der Waals surface area contributed by atoms with Crippen LogP contribution in [0.1, 0.15) is 12.5 Å². The number of β-amino-alcohol motifs (C(OH)–C–C–N with tert-alkyl or cyclic N) is 1. The van der Waals surface area contributed by atoms with E-state index in [1.54, 1.807) is 19.1 Å². The van der Waals surface area contributed by atoms with Crippen molar-refractivity contribution in [1.82, 2.24) is 10.2 Å². The van der Waals surface area contributed by atoms with Gasteiger partial charge in [-0.25, -0.2) is 4.39 Å². The van der Waals surface area contributed by atoms with Crippen LogP contribution in [0, 0.1) is 5.82 Å². The molecule has 126 valence electrons. The molecule has 0 aliphatic carbocycles. The highest BCUT2D eigenvalue weighted by Gasteiger charge is 2.15. The lowest BCUT2D eigenvalue weighted by molar-refractivity contribution is -0.117. The Labute approximate surface area is 135 Å². The quantitative estimate of drug-likeness (QED) is 0.768. The van der Waals surface area contributed by atoms with Crippen LogP contribution in [0.15, 0.2) is 30.3 Å². The lowest BCUT2D eigenvalue weighted by atomic mass is 10.1. The number of nitrogens with zero attached hydrogens (tertiary/aromatic N) is 1. The second-order valence-electron chi connectivity index (χ2n) is 5.65. The second-order valence-corrected chi connectivity index (χ2v) is 5.65. The summed E-state index contributed by atoms with van der Waals surface area (Å²) in [5.74, 6) is -0.579. The van der Waals surface area contributed by atoms with Crippen LogP contribution in [0.3, 0.4) is 0 Å². The molecule has 0 bridgehead atoms. The van der Waals surface area contributed by atoms with Crippen LogP contribution in [0.25, 0.3) is 5.57 Å². The zero-order valence-corrected chi connectivity index (χ0v) is 13.3. The Hall–Kier alpha value is -1.76. The number of nitrogens with one attached hydrogen (secondary N) is 1. The fourth-order valence-electron chi connectivity index (χ4n) is 2.41. The molecule has 1 fully saturated rings. The third-order valence-corrected chi connectivity index (χ3v) is 3.73. The fraction of sp³-hybridized carbons (Fsp3) is 0.471. The maximum atomic E-state index is 12.9. The Kier molecular flexibility index (Phi) is 6.70. The number of hydrogen-bond acceptors (Lipinski definition) is 4. The zero-order chi connectivity index (χ0) is 16.7. The van der Waals surface area contributed by atoms with Gasteiger partial charge in [0.25, 0.3) is 0 Å². The molecule has 1 aliphatic heterocycles. The van der Waals surface area contributed by atoms with Gasteiger partial charge in [0.05, 0.1) is 19.3 Å². The van der Waals surface area contributed by atoms with Gasteiger partial charge in [0.2, 0.25) is 5.91 Å². The van der Waals surface area contributed by atoms with Crippen molar-refractivity contribution in [3.63, 3.8) is 0 Å². The van der Waals surface area contributed by atoms with E-state index in [1.807, 2.05) is 0 Å². The van der Waals surface area contributed by atoms with Crippen molar-refractivity contribution in [2.45, 2.75) is 13.0 Å². The SMILES string of the molecule is C/C(=C/C(=O)NCC(O)CN1CCOCC1)c1ccc(F)cc1. The van der Waals surface area contributed by atoms with Gasteiger partial charge in [-0.1, -0.05) is 12.1 Å². The molecule has 0 spiro atoms. The molecular formula is C17H23FN2O3. The van der Waals surface area contributed by atoms with E-state index in [0.717, 1.165) is 24.2 Å². The predicted molar refractivity (Wildman–Crippen MR) is 86.3 cm³/mol. The molecule has 6 heteroatoms. The third-order valence-electron chi connectivity index (χ3n) is 3.73. The van der Waals surface area contributed by atoms with E-state index in [2.05, 4.69) is 10.2 Å². The van der Waals surface area contributed by atoms with Crippen LogP contribution in [-0.4, -0.2) is 61.4 Å². The van der Waals surface area contributed by atoms with Crippen LogP contribution < -0.4 is 5.32 Å². The summed E-state index contributed by atoms with van der Waals surface area (Å²) in [6, 6.07) is 5.97. The molecule has 1 heterocycles. The van der Waals surface area contributed by atoms with Gasteiger partial charge in [-0.3, -0.25) is 9.69 Å². The summed E-state index contributed by atoms with van der Waals surface area (Å²) in [4.78, 5) is 14.0. The van der Waals surface area contributed by atoms with E-state index in [4.69, 9.17) is 4.74 Å². The van der Waals surface area contributed by atoms with Crippen LogP contribution in [-0.2, 0) is 9.53 Å². The summed E-state index contributed by atoms with van der Waals surface area (Å²) in [6.07, 6.45) is 0.839. The van der Waals surface area contributed by atoms with Gasteiger partial charge >= 0.3 is 0 Å². The number of aliphatic hydroxyl groups excluding tert-OH is 1. The van der Waals surface area contributed by atoms with Gasteiger partial charge in [-0.05, 0) is 30.2 Å². The predicted octanol–water partition coefficient (Wildman–Crippen LogP) is 1.04. The maximum Gasteiger partial charge on any atom is 0.244 e. The number of amides is 1. The monoisotopic (exact) mass is 322 g/mol. The van der Waals surface area contributed by atoms with Gasteiger partial charge in [-0.15, -0.1) is 0 Å². The highest BCUT2D eigenvalue weighted by molar-refractivity contribution is 5.94. The van der Waals surface area contributed by atoms with E-state index in [1.165, 1.54) is 18.2 Å². The molecule has 23 heavy (non-hydrogen) atoms. The smallest absolute Gasteiger partial charge is 0.244 e. The minimum absolute atomic E-state index is 0.198. The summed E-state index contributed by atoms with van der Waals surface area (Å²) in [7, 11) is 0. The molecule has 1 aliphatic rings. The van der Waals surface area contributed by atoms with E-state index in [0.29, 0.717) is 19.8 Å². The Morgan fingerprint density at radius 2 is 2.04 bits per heavy atom. The standard InChI is InChI=1S/C17H23FN2O3/c1-13(14-2-4-15(18)5-3-14)10-17(22)19-11-16(21)12-20-6-8-23-9-7-20/h2-5,10,16,21H,6-9,11-12H2,1H3,(H,19,22)/b13-10-. The van der Waals surface area contributed by atoms with Crippen LogP contribution in [0.4, 0.5) is 4.39 Å². The molecule has 1 aromatic rings. The topological polar surface area (TPSA) is 61.8 Å². The first-order valence-electron chi connectivity index (χ1n) is 7.75. The van der Waals surface area contributed by atoms with Gasteiger partial charge in [0.1, 0.15) is 5.82 Å². The number of carbonyl (C=O) groups is 1. The highest BCUT2D eigenvalue weighted by atomic mass is 19.1. The molecule has 1 amide bonds. The first kappa shape index (κ1) is 17.6. The molecule has 0 radical (unpaired) electrons. The number of morpholine rings is 1. The zero-order valence-electron chi connectivity index (χ0n) is 13.3. The van der Waals surface area contributed by atoms with E-state index < -0.39 is 6.10 Å². The highest BCUT2D eigenvalue weighted by Crippen LogP contribution is 2.13. The summed E-state index contributed by atoms with van der Waals surface area (Å²) >= 11 is 0. The van der Waals surface area contributed by atoms with Crippen molar-refractivity contribution in [2.24, 2.45) is 0 Å². The Bertz CT molecular complexity index is 539. The lowest BCUT2D eigenvalue weighted by Crippen LogP contribution is -2.44. The molecule has 0 aromatic heterocycles. The normalized spacial score (nSPS) is 17.8. The largest absolute Gasteiger partial charge is 0.390 e. The van der Waals surface area contributed by atoms with Crippen molar-refractivity contribution in [2.75, 3.05) is 39.4 Å². The Morgan fingerprint density at radius 1 is 1.39 bits per heavy atom. The van der Waals surface area contributed by atoms with E-state index >= 15 is 0 Å². The molecule has 2 rings (SSSR count). The van der Waals surface area contributed by atoms with Crippen molar-refractivity contribution in [3.8, 4) is 0 Å². The van der Waals surface area contributed by atoms with Gasteiger partial charge in [-0.2, -0.15) is 0 Å². The molecule has 1 atom stereocenters. The van der Waals surface area contributed by atoms with Crippen LogP contribution >= 0.6 is 0 Å². The first-order chi connectivity index (χ1) is 11.0. The van der Waals surface area contributed by atoms with Crippen LogP contribution in [0.2, 0.25) is 0 Å². The molecular weight excluding hydrogens is 299 g/mol. The fourth-order valence-corrected chi connectivity index (χ4v) is 2.41. The molecule has 1 aromatic carbocycles. The molecule has 1 saturated heterocycles. The van der Waals surface area contributed by atoms with E-state index in [-0.39, 0.29) is 18.3 Å². The van der Waals surface area contributed by atoms with Crippen LogP contribution in [0.5, 0.6) is 0 Å². The van der Waals surface area contributed by atoms with Gasteiger partial charge in [0, 0.05) is 32.3 Å². The summed E-state index contributed by atoms with van der Waals surface area (Å²) in [6.45, 7) is 5.46. The minimum Gasteiger partial charge on any atom is -0.390 e. The average Bonchev–Trinajstić information content (AvgIpc) is 2.54. The lowest BCUT2D eigenvalue weighted by Gasteiger charge is -2.28. The van der Waals surface area contributed by atoms with Crippen molar-refractivity contribution in [3.05, 3.63) is 41.7 Å².